The predicted octanol–water partition coefficient (Wildman–Crippen LogP) is 2.70. The Bertz CT molecular complexity index is 394. The van der Waals surface area contributed by atoms with Crippen molar-refractivity contribution in [2.75, 3.05) is 25.2 Å². The SMILES string of the molecule is CNC(Cc1nc(C(C)(C)C)cs1)C1CSCCO1. The third-order valence-corrected chi connectivity index (χ3v) is 5.27. The van der Waals surface area contributed by atoms with Gasteiger partial charge in [-0.1, -0.05) is 20.8 Å². The van der Waals surface area contributed by atoms with Crippen LogP contribution in [0.3, 0.4) is 0 Å². The number of nitrogens with one attached hydrogen (secondary N) is 1. The molecular formula is C14H24N2OS2. The van der Waals surface area contributed by atoms with Crippen LogP contribution in [0.5, 0.6) is 0 Å². The van der Waals surface area contributed by atoms with E-state index in [0.717, 1.165) is 24.5 Å². The molecule has 2 heterocycles. The zero-order chi connectivity index (χ0) is 13.9. The Balaban J connectivity index is 1.99. The van der Waals surface area contributed by atoms with Crippen molar-refractivity contribution in [1.29, 1.82) is 0 Å². The van der Waals surface area contributed by atoms with Gasteiger partial charge in [-0.2, -0.15) is 11.8 Å². The lowest BCUT2D eigenvalue weighted by atomic mass is 9.93. The highest BCUT2D eigenvalue weighted by atomic mass is 32.2. The van der Waals surface area contributed by atoms with Gasteiger partial charge in [0.1, 0.15) is 0 Å². The second-order valence-corrected chi connectivity index (χ2v) is 8.05. The molecule has 1 saturated heterocycles. The molecule has 3 nitrogen and oxygen atoms in total. The molecule has 1 N–H and O–H groups in total. The number of likely N-dealkylation sites (N-methyl/N-ethyl adjacent to an activating group) is 1. The topological polar surface area (TPSA) is 34.2 Å². The van der Waals surface area contributed by atoms with Crippen LogP contribution in [-0.4, -0.2) is 42.3 Å². The Morgan fingerprint density at radius 3 is 2.84 bits per heavy atom. The molecule has 5 heteroatoms. The maximum absolute atomic E-state index is 5.87. The Morgan fingerprint density at radius 1 is 1.53 bits per heavy atom. The molecule has 0 radical (unpaired) electrons. The minimum Gasteiger partial charge on any atom is -0.375 e. The van der Waals surface area contributed by atoms with Crippen LogP contribution >= 0.6 is 23.1 Å². The highest BCUT2D eigenvalue weighted by Gasteiger charge is 2.25. The minimum atomic E-state index is 0.140. The number of thioether (sulfide) groups is 1. The molecule has 0 saturated carbocycles. The van der Waals surface area contributed by atoms with E-state index < -0.39 is 0 Å². The van der Waals surface area contributed by atoms with Gasteiger partial charge in [-0.15, -0.1) is 11.3 Å². The van der Waals surface area contributed by atoms with Gasteiger partial charge in [0, 0.05) is 34.8 Å². The second-order valence-electron chi connectivity index (χ2n) is 5.96. The number of ether oxygens (including phenoxy) is 1. The summed E-state index contributed by atoms with van der Waals surface area (Å²) in [5, 5.41) is 6.80. The summed E-state index contributed by atoms with van der Waals surface area (Å²) in [6.45, 7) is 7.51. The zero-order valence-electron chi connectivity index (χ0n) is 12.2. The zero-order valence-corrected chi connectivity index (χ0v) is 13.9. The molecule has 1 aliphatic rings. The van der Waals surface area contributed by atoms with Gasteiger partial charge in [0.25, 0.3) is 0 Å². The standard InChI is InChI=1S/C14H24N2OS2/c1-14(2,3)12-9-19-13(16-12)7-10(15-4)11-8-18-6-5-17-11/h9-11,15H,5-8H2,1-4H3. The molecule has 2 rings (SSSR count). The van der Waals surface area contributed by atoms with Gasteiger partial charge in [-0.25, -0.2) is 4.98 Å². The number of nitrogens with zero attached hydrogens (tertiary/aromatic N) is 1. The summed E-state index contributed by atoms with van der Waals surface area (Å²) in [4.78, 5) is 4.78. The minimum absolute atomic E-state index is 0.140. The van der Waals surface area contributed by atoms with E-state index in [0.29, 0.717) is 12.1 Å². The van der Waals surface area contributed by atoms with Crippen LogP contribution in [0, 0.1) is 0 Å². The van der Waals surface area contributed by atoms with Crippen molar-refractivity contribution in [2.45, 2.75) is 44.8 Å². The van der Waals surface area contributed by atoms with Crippen molar-refractivity contribution in [2.24, 2.45) is 0 Å². The molecule has 1 aliphatic heterocycles. The summed E-state index contributed by atoms with van der Waals surface area (Å²) in [5.41, 5.74) is 1.34. The average molecular weight is 300 g/mol. The maximum atomic E-state index is 5.87. The largest absolute Gasteiger partial charge is 0.375 e. The summed E-state index contributed by atoms with van der Waals surface area (Å²) in [7, 11) is 2.02. The molecule has 1 aromatic heterocycles. The van der Waals surface area contributed by atoms with Crippen molar-refractivity contribution < 1.29 is 4.74 Å². The van der Waals surface area contributed by atoms with Gasteiger partial charge < -0.3 is 10.1 Å². The third kappa shape index (κ3) is 4.18. The highest BCUT2D eigenvalue weighted by molar-refractivity contribution is 7.99. The molecule has 2 atom stereocenters. The number of rotatable bonds is 4. The first kappa shape index (κ1) is 15.3. The Kier molecular flexibility index (Phi) is 5.29. The fourth-order valence-electron chi connectivity index (χ4n) is 2.09. The van der Waals surface area contributed by atoms with E-state index in [1.807, 2.05) is 18.8 Å². The van der Waals surface area contributed by atoms with E-state index in [-0.39, 0.29) is 5.41 Å². The fraction of sp³-hybridized carbons (Fsp3) is 0.786. The Hall–Kier alpha value is -0.100. The smallest absolute Gasteiger partial charge is 0.0945 e. The van der Waals surface area contributed by atoms with Crippen molar-refractivity contribution >= 4 is 23.1 Å². The van der Waals surface area contributed by atoms with E-state index in [1.165, 1.54) is 10.7 Å². The molecule has 0 spiro atoms. The number of hydrogen-bond acceptors (Lipinski definition) is 5. The number of hydrogen-bond donors (Lipinski definition) is 1. The average Bonchev–Trinajstić information content (AvgIpc) is 2.85. The molecular weight excluding hydrogens is 276 g/mol. The summed E-state index contributed by atoms with van der Waals surface area (Å²) >= 11 is 3.76. The van der Waals surface area contributed by atoms with Crippen LogP contribution in [-0.2, 0) is 16.6 Å². The molecule has 2 unspecified atom stereocenters. The van der Waals surface area contributed by atoms with E-state index >= 15 is 0 Å². The molecule has 108 valence electrons. The van der Waals surface area contributed by atoms with Gasteiger partial charge in [0.2, 0.25) is 0 Å². The maximum Gasteiger partial charge on any atom is 0.0945 e. The van der Waals surface area contributed by atoms with Crippen molar-refractivity contribution in [3.05, 3.63) is 16.1 Å². The molecule has 0 bridgehead atoms. The summed E-state index contributed by atoms with van der Waals surface area (Å²) in [6.07, 6.45) is 1.27. The van der Waals surface area contributed by atoms with Crippen LogP contribution in [0.2, 0.25) is 0 Å². The van der Waals surface area contributed by atoms with Gasteiger partial charge in [-0.3, -0.25) is 0 Å². The summed E-state index contributed by atoms with van der Waals surface area (Å²) in [5.74, 6) is 2.21. The molecule has 19 heavy (non-hydrogen) atoms. The lowest BCUT2D eigenvalue weighted by molar-refractivity contribution is 0.0492. The Morgan fingerprint density at radius 2 is 2.32 bits per heavy atom. The van der Waals surface area contributed by atoms with E-state index in [1.54, 1.807) is 11.3 Å². The lowest BCUT2D eigenvalue weighted by Crippen LogP contribution is -2.44. The van der Waals surface area contributed by atoms with Gasteiger partial charge in [-0.05, 0) is 7.05 Å². The molecule has 0 aliphatic carbocycles. The van der Waals surface area contributed by atoms with E-state index in [9.17, 15) is 0 Å². The van der Waals surface area contributed by atoms with Gasteiger partial charge in [0.15, 0.2) is 0 Å². The first-order chi connectivity index (χ1) is 9.00. The number of aromatic nitrogens is 1. The van der Waals surface area contributed by atoms with E-state index in [2.05, 4.69) is 31.5 Å². The van der Waals surface area contributed by atoms with Crippen LogP contribution in [0.1, 0.15) is 31.5 Å². The van der Waals surface area contributed by atoms with Crippen LogP contribution < -0.4 is 5.32 Å². The van der Waals surface area contributed by atoms with Gasteiger partial charge >= 0.3 is 0 Å². The van der Waals surface area contributed by atoms with Crippen molar-refractivity contribution in [3.63, 3.8) is 0 Å². The highest BCUT2D eigenvalue weighted by Crippen LogP contribution is 2.25. The van der Waals surface area contributed by atoms with Crippen LogP contribution in [0.25, 0.3) is 0 Å². The Labute approximate surface area is 124 Å². The molecule has 0 aromatic carbocycles. The summed E-state index contributed by atoms with van der Waals surface area (Å²) in [6, 6.07) is 0.367. The normalized spacial score (nSPS) is 22.4. The summed E-state index contributed by atoms with van der Waals surface area (Å²) < 4.78 is 5.87. The van der Waals surface area contributed by atoms with E-state index in [4.69, 9.17) is 9.72 Å². The van der Waals surface area contributed by atoms with Crippen molar-refractivity contribution in [1.82, 2.24) is 10.3 Å². The van der Waals surface area contributed by atoms with Crippen LogP contribution in [0.4, 0.5) is 0 Å². The quantitative estimate of drug-likeness (QED) is 0.927. The molecule has 1 aromatic rings. The first-order valence-corrected chi connectivity index (χ1v) is 8.85. The second kappa shape index (κ2) is 6.57. The van der Waals surface area contributed by atoms with Crippen molar-refractivity contribution in [3.8, 4) is 0 Å². The monoisotopic (exact) mass is 300 g/mol. The lowest BCUT2D eigenvalue weighted by Gasteiger charge is -2.29. The first-order valence-electron chi connectivity index (χ1n) is 6.82. The molecule has 1 fully saturated rings. The molecule has 0 amide bonds. The third-order valence-electron chi connectivity index (χ3n) is 3.38. The van der Waals surface area contributed by atoms with Gasteiger partial charge in [0.05, 0.1) is 23.4 Å². The van der Waals surface area contributed by atoms with Crippen LogP contribution in [0.15, 0.2) is 5.38 Å². The fourth-order valence-corrected chi connectivity index (χ4v) is 4.12. The predicted molar refractivity (Wildman–Crippen MR) is 84.4 cm³/mol. The number of thiazole rings is 1.